The maximum atomic E-state index is 12.6. The van der Waals surface area contributed by atoms with Crippen LogP contribution >= 0.6 is 0 Å². The van der Waals surface area contributed by atoms with Crippen molar-refractivity contribution in [3.8, 4) is 0 Å². The number of ether oxygens (including phenoxy) is 1. The molecule has 0 aliphatic heterocycles. The molecular weight excluding hydrogens is 386 g/mol. The second-order valence-electron chi connectivity index (χ2n) is 12.2. The van der Waals surface area contributed by atoms with Crippen LogP contribution in [0.2, 0.25) is 0 Å². The topological polar surface area (TPSA) is 69.4 Å². The minimum absolute atomic E-state index is 0.0193. The van der Waals surface area contributed by atoms with Crippen molar-refractivity contribution in [2.75, 3.05) is 0 Å². The fourth-order valence-corrected chi connectivity index (χ4v) is 8.18. The summed E-state index contributed by atoms with van der Waals surface area (Å²) in [6, 6.07) is -0.552. The van der Waals surface area contributed by atoms with Gasteiger partial charge in [-0.15, -0.1) is 0 Å². The van der Waals surface area contributed by atoms with Crippen LogP contribution in [0, 0.1) is 39.9 Å². The minimum Gasteiger partial charge on any atom is -0.461 e. The van der Waals surface area contributed by atoms with Crippen LogP contribution in [0.25, 0.3) is 0 Å². The molecule has 0 aromatic rings. The smallest absolute Gasteiger partial charge is 0.323 e. The van der Waals surface area contributed by atoms with E-state index in [0.717, 1.165) is 25.2 Å². The largest absolute Gasteiger partial charge is 0.461 e. The summed E-state index contributed by atoms with van der Waals surface area (Å²) in [5.41, 5.74) is 7.88. The summed E-state index contributed by atoms with van der Waals surface area (Å²) in [5.74, 6) is 2.24. The SMILES string of the molecule is CC(C)[C@H](N)C(=O)O[C@@H](C)[C@@]1(C)CCC2C3CCC4=CC(=O)CC[C@]4(C)C3CC[C@@]21C. The molecule has 0 bridgehead atoms. The highest BCUT2D eigenvalue weighted by Gasteiger charge is 2.64. The number of carbonyl (C=O) groups excluding carboxylic acids is 2. The molecule has 174 valence electrons. The lowest BCUT2D eigenvalue weighted by Crippen LogP contribution is -2.55. The Morgan fingerprint density at radius 1 is 1.03 bits per heavy atom. The Morgan fingerprint density at radius 2 is 1.71 bits per heavy atom. The second-order valence-corrected chi connectivity index (χ2v) is 12.2. The zero-order valence-corrected chi connectivity index (χ0v) is 20.5. The molecular formula is C27H43NO3. The number of carbonyl (C=O) groups is 2. The van der Waals surface area contributed by atoms with Crippen LogP contribution in [0.4, 0.5) is 0 Å². The molecule has 8 atom stereocenters. The quantitative estimate of drug-likeness (QED) is 0.604. The standard InChI is InChI=1S/C27H43NO3/c1-16(2)23(28)24(30)31-17(3)26(5)13-11-22-20-8-7-18-15-19(29)9-12-25(18,4)21(20)10-14-27(22,26)6/h15-17,20-23H,7-14,28H2,1-6H3/t17-,20?,21?,22?,23-,25-,26+,27-/m0/s1. The van der Waals surface area contributed by atoms with Gasteiger partial charge in [-0.2, -0.15) is 0 Å². The van der Waals surface area contributed by atoms with Gasteiger partial charge in [0.1, 0.15) is 12.1 Å². The van der Waals surface area contributed by atoms with Gasteiger partial charge in [-0.1, -0.05) is 40.2 Å². The molecule has 0 amide bonds. The van der Waals surface area contributed by atoms with Gasteiger partial charge in [-0.25, -0.2) is 0 Å². The van der Waals surface area contributed by atoms with E-state index in [-0.39, 0.29) is 34.2 Å². The van der Waals surface area contributed by atoms with Gasteiger partial charge in [-0.3, -0.25) is 9.59 Å². The molecule has 0 aromatic heterocycles. The zero-order chi connectivity index (χ0) is 22.8. The van der Waals surface area contributed by atoms with Gasteiger partial charge < -0.3 is 10.5 Å². The van der Waals surface area contributed by atoms with Crippen LogP contribution in [0.5, 0.6) is 0 Å². The number of allylic oxidation sites excluding steroid dienone is 1. The first-order valence-corrected chi connectivity index (χ1v) is 12.6. The fourth-order valence-electron chi connectivity index (χ4n) is 8.18. The lowest BCUT2D eigenvalue weighted by atomic mass is 9.45. The molecule has 4 rings (SSSR count). The first-order valence-electron chi connectivity index (χ1n) is 12.6. The zero-order valence-electron chi connectivity index (χ0n) is 20.5. The van der Waals surface area contributed by atoms with Gasteiger partial charge in [0, 0.05) is 11.8 Å². The van der Waals surface area contributed by atoms with Gasteiger partial charge in [0.15, 0.2) is 5.78 Å². The Morgan fingerprint density at radius 3 is 2.39 bits per heavy atom. The van der Waals surface area contributed by atoms with E-state index in [2.05, 4.69) is 27.7 Å². The van der Waals surface area contributed by atoms with E-state index in [4.69, 9.17) is 10.5 Å². The first kappa shape index (κ1) is 23.0. The van der Waals surface area contributed by atoms with Crippen molar-refractivity contribution in [2.24, 2.45) is 45.7 Å². The van der Waals surface area contributed by atoms with Gasteiger partial charge in [0.25, 0.3) is 0 Å². The highest BCUT2D eigenvalue weighted by Crippen LogP contribution is 2.70. The van der Waals surface area contributed by atoms with Gasteiger partial charge in [0.2, 0.25) is 0 Å². The Balaban J connectivity index is 1.56. The first-order chi connectivity index (χ1) is 14.4. The van der Waals surface area contributed by atoms with Gasteiger partial charge >= 0.3 is 5.97 Å². The molecule has 2 N–H and O–H groups in total. The molecule has 3 unspecified atom stereocenters. The van der Waals surface area contributed by atoms with Crippen molar-refractivity contribution in [1.82, 2.24) is 0 Å². The van der Waals surface area contributed by atoms with Gasteiger partial charge in [0.05, 0.1) is 0 Å². The monoisotopic (exact) mass is 429 g/mol. The number of esters is 1. The van der Waals surface area contributed by atoms with E-state index in [1.165, 1.54) is 31.3 Å². The second kappa shape index (κ2) is 7.71. The number of nitrogens with two attached hydrogens (primary N) is 1. The van der Waals surface area contributed by atoms with E-state index in [9.17, 15) is 9.59 Å². The maximum Gasteiger partial charge on any atom is 0.323 e. The number of rotatable bonds is 4. The van der Waals surface area contributed by atoms with Crippen LogP contribution in [0.1, 0.15) is 92.9 Å². The Kier molecular flexibility index (Phi) is 5.72. The van der Waals surface area contributed by atoms with Crippen LogP contribution in [-0.4, -0.2) is 23.9 Å². The van der Waals surface area contributed by atoms with Crippen molar-refractivity contribution < 1.29 is 14.3 Å². The van der Waals surface area contributed by atoms with Gasteiger partial charge in [-0.05, 0) is 92.4 Å². The molecule has 4 aliphatic rings. The van der Waals surface area contributed by atoms with Crippen LogP contribution in [0.15, 0.2) is 11.6 Å². The predicted molar refractivity (Wildman–Crippen MR) is 123 cm³/mol. The van der Waals surface area contributed by atoms with Crippen molar-refractivity contribution in [3.63, 3.8) is 0 Å². The summed E-state index contributed by atoms with van der Waals surface area (Å²) in [6.07, 6.45) is 10.6. The Hall–Kier alpha value is -1.16. The number of ketones is 1. The van der Waals surface area contributed by atoms with E-state index in [1.54, 1.807) is 0 Å². The van der Waals surface area contributed by atoms with Crippen molar-refractivity contribution in [1.29, 1.82) is 0 Å². The van der Waals surface area contributed by atoms with Crippen LogP contribution < -0.4 is 5.73 Å². The fraction of sp³-hybridized carbons (Fsp3) is 0.852. The maximum absolute atomic E-state index is 12.6. The molecule has 4 aliphatic carbocycles. The molecule has 0 spiro atoms. The number of hydrogen-bond acceptors (Lipinski definition) is 4. The highest BCUT2D eigenvalue weighted by molar-refractivity contribution is 5.91. The summed E-state index contributed by atoms with van der Waals surface area (Å²) in [7, 11) is 0. The molecule has 31 heavy (non-hydrogen) atoms. The van der Waals surface area contributed by atoms with E-state index in [0.29, 0.717) is 24.0 Å². The minimum atomic E-state index is -0.552. The summed E-state index contributed by atoms with van der Waals surface area (Å²) in [4.78, 5) is 24.7. The third-order valence-corrected chi connectivity index (χ3v) is 10.8. The summed E-state index contributed by atoms with van der Waals surface area (Å²) in [5, 5.41) is 0. The lowest BCUT2D eigenvalue weighted by molar-refractivity contribution is -0.168. The normalized spacial score (nSPS) is 44.1. The number of fused-ring (bicyclic) bond motifs is 5. The van der Waals surface area contributed by atoms with Crippen molar-refractivity contribution in [3.05, 3.63) is 11.6 Å². The molecule has 0 aromatic carbocycles. The molecule has 0 radical (unpaired) electrons. The average molecular weight is 430 g/mol. The van der Waals surface area contributed by atoms with E-state index < -0.39 is 6.04 Å². The predicted octanol–water partition coefficient (Wildman–Crippen LogP) is 5.44. The van der Waals surface area contributed by atoms with Crippen molar-refractivity contribution in [2.45, 2.75) is 105 Å². The third-order valence-electron chi connectivity index (χ3n) is 10.8. The average Bonchev–Trinajstić information content (AvgIpc) is 3.00. The molecule has 4 heteroatoms. The third kappa shape index (κ3) is 3.34. The van der Waals surface area contributed by atoms with E-state index >= 15 is 0 Å². The van der Waals surface area contributed by atoms with E-state index in [1.807, 2.05) is 19.9 Å². The summed E-state index contributed by atoms with van der Waals surface area (Å²) < 4.78 is 6.02. The summed E-state index contributed by atoms with van der Waals surface area (Å²) in [6.45, 7) is 13.3. The van der Waals surface area contributed by atoms with Crippen molar-refractivity contribution >= 4 is 11.8 Å². The number of hydrogen-bond donors (Lipinski definition) is 1. The molecule has 0 heterocycles. The Labute approximate surface area is 188 Å². The highest BCUT2D eigenvalue weighted by atomic mass is 16.5. The van der Waals surface area contributed by atoms with Crippen LogP contribution in [0.3, 0.4) is 0 Å². The van der Waals surface area contributed by atoms with Crippen LogP contribution in [-0.2, 0) is 14.3 Å². The summed E-state index contributed by atoms with van der Waals surface area (Å²) >= 11 is 0. The molecule has 0 saturated heterocycles. The lowest BCUT2D eigenvalue weighted by Gasteiger charge is -2.60. The molecule has 3 fully saturated rings. The molecule has 3 saturated carbocycles. The Bertz CT molecular complexity index is 787. The molecule has 4 nitrogen and oxygen atoms in total.